The Morgan fingerprint density at radius 3 is 2.52 bits per heavy atom. The molecule has 0 fully saturated rings. The van der Waals surface area contributed by atoms with Crippen molar-refractivity contribution in [1.29, 1.82) is 0 Å². The molecule has 1 N–H and O–H groups in total. The third kappa shape index (κ3) is 7.40. The molecule has 0 saturated carbocycles. The second-order valence-electron chi connectivity index (χ2n) is 6.37. The van der Waals surface area contributed by atoms with Gasteiger partial charge in [0.25, 0.3) is 0 Å². The van der Waals surface area contributed by atoms with E-state index in [4.69, 9.17) is 14.3 Å². The van der Waals surface area contributed by atoms with E-state index in [-0.39, 0.29) is 24.0 Å². The number of hydrogen-bond acceptors (Lipinski definition) is 4. The molecule has 0 aliphatic rings. The molecule has 0 bridgehead atoms. The van der Waals surface area contributed by atoms with Gasteiger partial charge in [-0.25, -0.2) is 0 Å². The molecule has 0 atom stereocenters. The van der Waals surface area contributed by atoms with E-state index in [1.54, 1.807) is 0 Å². The number of ether oxygens (including phenoxy) is 1. The topological polar surface area (TPSA) is 62.9 Å². The van der Waals surface area contributed by atoms with Crippen molar-refractivity contribution in [3.8, 4) is 5.75 Å². The van der Waals surface area contributed by atoms with Gasteiger partial charge in [-0.3, -0.25) is 4.99 Å². The molecule has 1 aromatic carbocycles. The first-order chi connectivity index (χ1) is 12.5. The summed E-state index contributed by atoms with van der Waals surface area (Å²) < 4.78 is 11.0. The molecular formula is C20H31IN4O2. The fraction of sp³-hybridized carbons (Fsp3) is 0.500. The Kier molecular flexibility index (Phi) is 10.2. The molecule has 0 spiro atoms. The number of rotatable bonds is 8. The van der Waals surface area contributed by atoms with Gasteiger partial charge in [-0.05, 0) is 46.2 Å². The number of aryl methyl sites for hydroxylation is 3. The Bertz CT molecular complexity index is 694. The normalized spacial score (nSPS) is 11.1. The van der Waals surface area contributed by atoms with Crippen LogP contribution in [0, 0.1) is 20.8 Å². The highest BCUT2D eigenvalue weighted by Crippen LogP contribution is 2.13. The third-order valence-corrected chi connectivity index (χ3v) is 4.22. The Morgan fingerprint density at radius 1 is 1.22 bits per heavy atom. The van der Waals surface area contributed by atoms with Gasteiger partial charge in [-0.15, -0.1) is 24.0 Å². The van der Waals surface area contributed by atoms with Crippen LogP contribution in [0.15, 0.2) is 33.8 Å². The number of nitrogens with zero attached hydrogens (tertiary/aromatic N) is 3. The zero-order valence-corrected chi connectivity index (χ0v) is 19.2. The highest BCUT2D eigenvalue weighted by atomic mass is 127. The van der Waals surface area contributed by atoms with Crippen LogP contribution in [0.5, 0.6) is 5.75 Å². The van der Waals surface area contributed by atoms with E-state index in [9.17, 15) is 0 Å². The second kappa shape index (κ2) is 11.8. The maximum Gasteiger partial charge on any atom is 0.193 e. The molecule has 1 heterocycles. The molecule has 6 nitrogen and oxygen atoms in total. The summed E-state index contributed by atoms with van der Waals surface area (Å²) >= 11 is 0. The monoisotopic (exact) mass is 486 g/mol. The summed E-state index contributed by atoms with van der Waals surface area (Å²) in [6, 6.07) is 8.11. The fourth-order valence-electron chi connectivity index (χ4n) is 2.64. The van der Waals surface area contributed by atoms with Crippen LogP contribution in [0.25, 0.3) is 0 Å². The van der Waals surface area contributed by atoms with Crippen LogP contribution in [0.3, 0.4) is 0 Å². The Morgan fingerprint density at radius 2 is 1.93 bits per heavy atom. The van der Waals surface area contributed by atoms with Crippen LogP contribution in [0.2, 0.25) is 0 Å². The molecule has 150 valence electrons. The molecule has 0 saturated heterocycles. The molecule has 2 aromatic rings. The number of hydrogen-bond donors (Lipinski definition) is 1. The summed E-state index contributed by atoms with van der Waals surface area (Å²) in [5.74, 6) is 2.65. The molecule has 0 aliphatic carbocycles. The van der Waals surface area contributed by atoms with Gasteiger partial charge >= 0.3 is 0 Å². The Hall–Kier alpha value is -1.77. The zero-order valence-electron chi connectivity index (χ0n) is 16.9. The van der Waals surface area contributed by atoms with Crippen molar-refractivity contribution in [2.24, 2.45) is 4.99 Å². The van der Waals surface area contributed by atoms with Gasteiger partial charge in [0.1, 0.15) is 18.1 Å². The second-order valence-corrected chi connectivity index (χ2v) is 6.37. The minimum absolute atomic E-state index is 0. The van der Waals surface area contributed by atoms with Crippen molar-refractivity contribution in [3.63, 3.8) is 0 Å². The molecule has 0 radical (unpaired) electrons. The van der Waals surface area contributed by atoms with Crippen molar-refractivity contribution >= 4 is 29.9 Å². The van der Waals surface area contributed by atoms with Crippen molar-refractivity contribution in [2.75, 3.05) is 33.3 Å². The van der Waals surface area contributed by atoms with E-state index < -0.39 is 0 Å². The molecule has 7 heteroatoms. The van der Waals surface area contributed by atoms with E-state index in [2.05, 4.69) is 41.4 Å². The lowest BCUT2D eigenvalue weighted by molar-refractivity contribution is 0.281. The first kappa shape index (κ1) is 23.3. The van der Waals surface area contributed by atoms with Gasteiger partial charge in [-0.1, -0.05) is 22.9 Å². The summed E-state index contributed by atoms with van der Waals surface area (Å²) in [5.41, 5.74) is 3.33. The summed E-state index contributed by atoms with van der Waals surface area (Å²) in [5, 5.41) is 7.32. The highest BCUT2D eigenvalue weighted by molar-refractivity contribution is 14.0. The van der Waals surface area contributed by atoms with Gasteiger partial charge in [-0.2, -0.15) is 0 Å². The van der Waals surface area contributed by atoms with Crippen LogP contribution in [-0.4, -0.2) is 49.3 Å². The molecule has 1 aromatic heterocycles. The van der Waals surface area contributed by atoms with Crippen molar-refractivity contribution in [3.05, 3.63) is 46.8 Å². The summed E-state index contributed by atoms with van der Waals surface area (Å²) in [4.78, 5) is 6.80. The number of halogens is 1. The first-order valence-electron chi connectivity index (χ1n) is 9.12. The minimum Gasteiger partial charge on any atom is -0.492 e. The maximum absolute atomic E-state index is 5.81. The van der Waals surface area contributed by atoms with Gasteiger partial charge in [0.05, 0.1) is 12.2 Å². The first-order valence-corrected chi connectivity index (χ1v) is 9.12. The standard InChI is InChI=1S/C20H30N4O2.HI/c1-6-21-20(22-12-11-19-16(3)23-26-17(19)4)24(5)13-14-25-18-9-7-15(2)8-10-18;/h7-10H,6,11-14H2,1-5H3,(H,21,22);1H. The Balaban J connectivity index is 0.00000364. The smallest absolute Gasteiger partial charge is 0.193 e. The van der Waals surface area contributed by atoms with E-state index in [1.807, 2.05) is 33.0 Å². The average molecular weight is 486 g/mol. The lowest BCUT2D eigenvalue weighted by Crippen LogP contribution is -2.41. The van der Waals surface area contributed by atoms with E-state index in [1.165, 1.54) is 5.56 Å². The number of likely N-dealkylation sites (N-methyl/N-ethyl adjacent to an activating group) is 1. The van der Waals surface area contributed by atoms with Crippen LogP contribution in [0.1, 0.15) is 29.5 Å². The number of nitrogens with one attached hydrogen (secondary N) is 1. The zero-order chi connectivity index (χ0) is 18.9. The predicted molar refractivity (Wildman–Crippen MR) is 120 cm³/mol. The Labute approximate surface area is 179 Å². The third-order valence-electron chi connectivity index (χ3n) is 4.22. The summed E-state index contributed by atoms with van der Waals surface area (Å²) in [7, 11) is 2.02. The van der Waals surface area contributed by atoms with Crippen molar-refractivity contribution in [1.82, 2.24) is 15.4 Å². The van der Waals surface area contributed by atoms with E-state index >= 15 is 0 Å². The average Bonchev–Trinajstić information content (AvgIpc) is 2.94. The molecule has 27 heavy (non-hydrogen) atoms. The highest BCUT2D eigenvalue weighted by Gasteiger charge is 2.09. The van der Waals surface area contributed by atoms with Crippen LogP contribution < -0.4 is 10.1 Å². The molecule has 0 aliphatic heterocycles. The van der Waals surface area contributed by atoms with E-state index in [0.717, 1.165) is 48.2 Å². The molecule has 0 amide bonds. The molecule has 2 rings (SSSR count). The van der Waals surface area contributed by atoms with Crippen molar-refractivity contribution in [2.45, 2.75) is 34.1 Å². The maximum atomic E-state index is 5.81. The number of aliphatic imine (C=N–C) groups is 1. The fourth-order valence-corrected chi connectivity index (χ4v) is 2.64. The van der Waals surface area contributed by atoms with Crippen LogP contribution >= 0.6 is 24.0 Å². The number of guanidine groups is 1. The lowest BCUT2D eigenvalue weighted by Gasteiger charge is -2.22. The quantitative estimate of drug-likeness (QED) is 0.350. The van der Waals surface area contributed by atoms with Gasteiger partial charge < -0.3 is 19.5 Å². The number of aromatic nitrogens is 1. The number of benzene rings is 1. The van der Waals surface area contributed by atoms with Gasteiger partial charge in [0.15, 0.2) is 5.96 Å². The van der Waals surface area contributed by atoms with Gasteiger partial charge in [0.2, 0.25) is 0 Å². The van der Waals surface area contributed by atoms with Crippen molar-refractivity contribution < 1.29 is 9.26 Å². The van der Waals surface area contributed by atoms with Crippen LogP contribution in [-0.2, 0) is 6.42 Å². The minimum atomic E-state index is 0. The van der Waals surface area contributed by atoms with E-state index in [0.29, 0.717) is 13.2 Å². The predicted octanol–water partition coefficient (Wildman–Crippen LogP) is 3.74. The summed E-state index contributed by atoms with van der Waals surface area (Å²) in [6.07, 6.45) is 0.823. The SMILES string of the molecule is CCNC(=NCCc1c(C)noc1C)N(C)CCOc1ccc(C)cc1.I. The molecule has 0 unspecified atom stereocenters. The van der Waals surface area contributed by atoms with Gasteiger partial charge in [0, 0.05) is 25.7 Å². The summed E-state index contributed by atoms with van der Waals surface area (Å²) in [6.45, 7) is 10.9. The largest absolute Gasteiger partial charge is 0.492 e. The molecular weight excluding hydrogens is 455 g/mol. The lowest BCUT2D eigenvalue weighted by atomic mass is 10.1. The van der Waals surface area contributed by atoms with Crippen LogP contribution in [0.4, 0.5) is 0 Å².